The monoisotopic (exact) mass is 305 g/mol. The van der Waals surface area contributed by atoms with E-state index in [1.165, 1.54) is 7.11 Å². The van der Waals surface area contributed by atoms with E-state index in [-0.39, 0.29) is 19.1 Å². The second-order valence-corrected chi connectivity index (χ2v) is 5.23. The van der Waals surface area contributed by atoms with Crippen LogP contribution in [0.3, 0.4) is 0 Å². The molecule has 0 aromatic heterocycles. The third-order valence-electron chi connectivity index (χ3n) is 3.68. The number of amides is 1. The predicted molar refractivity (Wildman–Crippen MR) is 80.3 cm³/mol. The minimum absolute atomic E-state index is 0.119. The van der Waals surface area contributed by atoms with E-state index in [4.69, 9.17) is 14.6 Å². The molecule has 0 unspecified atom stereocenters. The Kier molecular flexibility index (Phi) is 4.70. The molecule has 2 N–H and O–H groups in total. The highest BCUT2D eigenvalue weighted by atomic mass is 16.5. The first-order chi connectivity index (χ1) is 10.5. The van der Waals surface area contributed by atoms with E-state index in [0.717, 1.165) is 0 Å². The third-order valence-corrected chi connectivity index (χ3v) is 3.68. The van der Waals surface area contributed by atoms with Gasteiger partial charge in [-0.25, -0.2) is 0 Å². The lowest BCUT2D eigenvalue weighted by molar-refractivity contribution is -0.143. The zero-order chi connectivity index (χ0) is 16.2. The standard InChI is InChI=1S/C16H19NO5/c1-3-8-22-13-9-11(21-2)4-5-12(13)14(18)17-10-16(6-7-16)15(19)20/h3-5,9H,1,6-8,10H2,2H3,(H,17,18)(H,19,20). The first kappa shape index (κ1) is 15.9. The summed E-state index contributed by atoms with van der Waals surface area (Å²) < 4.78 is 10.6. The zero-order valence-corrected chi connectivity index (χ0v) is 12.4. The van der Waals surface area contributed by atoms with Gasteiger partial charge in [-0.3, -0.25) is 9.59 Å². The molecular formula is C16H19NO5. The molecule has 1 aliphatic rings. The van der Waals surface area contributed by atoms with Crippen molar-refractivity contribution in [2.24, 2.45) is 5.41 Å². The molecule has 1 saturated carbocycles. The number of carboxylic acids is 1. The van der Waals surface area contributed by atoms with Crippen molar-refractivity contribution in [3.8, 4) is 11.5 Å². The molecule has 1 amide bonds. The summed E-state index contributed by atoms with van der Waals surface area (Å²) in [6, 6.07) is 4.86. The van der Waals surface area contributed by atoms with Crippen LogP contribution in [-0.2, 0) is 4.79 Å². The van der Waals surface area contributed by atoms with E-state index in [9.17, 15) is 9.59 Å². The van der Waals surface area contributed by atoms with Crippen molar-refractivity contribution in [2.45, 2.75) is 12.8 Å². The Morgan fingerprint density at radius 2 is 2.18 bits per heavy atom. The highest BCUT2D eigenvalue weighted by Gasteiger charge is 2.50. The summed E-state index contributed by atoms with van der Waals surface area (Å²) in [5, 5.41) is 11.8. The smallest absolute Gasteiger partial charge is 0.311 e. The van der Waals surface area contributed by atoms with Crippen molar-refractivity contribution in [3.63, 3.8) is 0 Å². The number of ether oxygens (including phenoxy) is 2. The molecule has 0 radical (unpaired) electrons. The lowest BCUT2D eigenvalue weighted by Crippen LogP contribution is -2.34. The zero-order valence-electron chi connectivity index (χ0n) is 12.4. The molecular weight excluding hydrogens is 286 g/mol. The van der Waals surface area contributed by atoms with Crippen LogP contribution in [0.15, 0.2) is 30.9 Å². The van der Waals surface area contributed by atoms with Gasteiger partial charge in [0.05, 0.1) is 18.1 Å². The van der Waals surface area contributed by atoms with Crippen molar-refractivity contribution in [3.05, 3.63) is 36.4 Å². The number of rotatable bonds is 8. The van der Waals surface area contributed by atoms with Gasteiger partial charge in [-0.15, -0.1) is 0 Å². The predicted octanol–water partition coefficient (Wildman–Crippen LogP) is 1.85. The van der Waals surface area contributed by atoms with Gasteiger partial charge in [0.2, 0.25) is 0 Å². The second kappa shape index (κ2) is 6.51. The van der Waals surface area contributed by atoms with Gasteiger partial charge >= 0.3 is 5.97 Å². The molecule has 0 spiro atoms. The number of hydrogen-bond donors (Lipinski definition) is 2. The van der Waals surface area contributed by atoms with Crippen molar-refractivity contribution in [1.29, 1.82) is 0 Å². The highest BCUT2D eigenvalue weighted by molar-refractivity contribution is 5.97. The van der Waals surface area contributed by atoms with Crippen molar-refractivity contribution in [1.82, 2.24) is 5.32 Å². The molecule has 118 valence electrons. The van der Waals surface area contributed by atoms with E-state index in [1.54, 1.807) is 24.3 Å². The molecule has 0 heterocycles. The summed E-state index contributed by atoms with van der Waals surface area (Å²) in [7, 11) is 1.52. The minimum Gasteiger partial charge on any atom is -0.497 e. The lowest BCUT2D eigenvalue weighted by atomic mass is 10.1. The van der Waals surface area contributed by atoms with Crippen LogP contribution in [0.5, 0.6) is 11.5 Å². The van der Waals surface area contributed by atoms with Gasteiger partial charge in [0.25, 0.3) is 5.91 Å². The molecule has 0 saturated heterocycles. The van der Waals surface area contributed by atoms with Crippen LogP contribution in [0.4, 0.5) is 0 Å². The van der Waals surface area contributed by atoms with Gasteiger partial charge in [0.1, 0.15) is 18.1 Å². The van der Waals surface area contributed by atoms with Crippen LogP contribution in [0.1, 0.15) is 23.2 Å². The van der Waals surface area contributed by atoms with Gasteiger partial charge in [-0.05, 0) is 25.0 Å². The van der Waals surface area contributed by atoms with Gasteiger partial charge in [0.15, 0.2) is 0 Å². The largest absolute Gasteiger partial charge is 0.497 e. The lowest BCUT2D eigenvalue weighted by Gasteiger charge is -2.14. The first-order valence-electron chi connectivity index (χ1n) is 6.96. The number of carboxylic acid groups (broad SMARTS) is 1. The normalized spacial score (nSPS) is 14.8. The highest BCUT2D eigenvalue weighted by Crippen LogP contribution is 2.45. The van der Waals surface area contributed by atoms with Crippen LogP contribution in [0.25, 0.3) is 0 Å². The molecule has 6 heteroatoms. The molecule has 0 bridgehead atoms. The van der Waals surface area contributed by atoms with E-state index < -0.39 is 11.4 Å². The third kappa shape index (κ3) is 3.39. The topological polar surface area (TPSA) is 84.9 Å². The SMILES string of the molecule is C=CCOc1cc(OC)ccc1C(=O)NCC1(C(=O)O)CC1. The maximum atomic E-state index is 12.3. The summed E-state index contributed by atoms with van der Waals surface area (Å²) >= 11 is 0. The van der Waals surface area contributed by atoms with E-state index in [1.807, 2.05) is 0 Å². The van der Waals surface area contributed by atoms with Gasteiger partial charge in [-0.2, -0.15) is 0 Å². The first-order valence-corrected chi connectivity index (χ1v) is 6.96. The van der Waals surface area contributed by atoms with Gasteiger partial charge in [0, 0.05) is 12.6 Å². The van der Waals surface area contributed by atoms with Crippen LogP contribution in [-0.4, -0.2) is 37.2 Å². The molecule has 0 aliphatic heterocycles. The molecule has 2 rings (SSSR count). The Balaban J connectivity index is 2.10. The Hall–Kier alpha value is -2.50. The van der Waals surface area contributed by atoms with Crippen LogP contribution in [0, 0.1) is 5.41 Å². The number of carbonyl (C=O) groups is 2. The fourth-order valence-corrected chi connectivity index (χ4v) is 2.05. The number of methoxy groups -OCH3 is 1. The van der Waals surface area contributed by atoms with E-state index in [0.29, 0.717) is 29.9 Å². The Morgan fingerprint density at radius 3 is 2.73 bits per heavy atom. The Labute approximate surface area is 128 Å². The number of hydrogen-bond acceptors (Lipinski definition) is 4. The number of carbonyl (C=O) groups excluding carboxylic acids is 1. The summed E-state index contributed by atoms with van der Waals surface area (Å²) in [4.78, 5) is 23.4. The summed E-state index contributed by atoms with van der Waals surface area (Å²) in [6.07, 6.45) is 2.75. The average Bonchev–Trinajstić information content (AvgIpc) is 3.31. The molecule has 0 atom stereocenters. The van der Waals surface area contributed by atoms with Crippen LogP contribution in [0.2, 0.25) is 0 Å². The number of aliphatic carboxylic acids is 1. The summed E-state index contributed by atoms with van der Waals surface area (Å²) in [6.45, 7) is 3.94. The van der Waals surface area contributed by atoms with Crippen molar-refractivity contribution >= 4 is 11.9 Å². The maximum absolute atomic E-state index is 12.3. The molecule has 1 fully saturated rings. The quantitative estimate of drug-likeness (QED) is 0.716. The van der Waals surface area contributed by atoms with Crippen LogP contribution >= 0.6 is 0 Å². The minimum atomic E-state index is -0.870. The van der Waals surface area contributed by atoms with Crippen LogP contribution < -0.4 is 14.8 Å². The fraction of sp³-hybridized carbons (Fsp3) is 0.375. The average molecular weight is 305 g/mol. The summed E-state index contributed by atoms with van der Waals surface area (Å²) in [5.41, 5.74) is -0.464. The Morgan fingerprint density at radius 1 is 1.45 bits per heavy atom. The van der Waals surface area contributed by atoms with Crippen molar-refractivity contribution in [2.75, 3.05) is 20.3 Å². The molecule has 1 aliphatic carbocycles. The van der Waals surface area contributed by atoms with Crippen molar-refractivity contribution < 1.29 is 24.2 Å². The molecule has 6 nitrogen and oxygen atoms in total. The van der Waals surface area contributed by atoms with Gasteiger partial charge < -0.3 is 19.9 Å². The molecule has 1 aromatic rings. The number of nitrogens with one attached hydrogen (secondary N) is 1. The Bertz CT molecular complexity index is 592. The molecule has 1 aromatic carbocycles. The second-order valence-electron chi connectivity index (χ2n) is 5.23. The fourth-order valence-electron chi connectivity index (χ4n) is 2.05. The maximum Gasteiger partial charge on any atom is 0.311 e. The van der Waals surface area contributed by atoms with E-state index >= 15 is 0 Å². The van der Waals surface area contributed by atoms with E-state index in [2.05, 4.69) is 11.9 Å². The van der Waals surface area contributed by atoms with Gasteiger partial charge in [-0.1, -0.05) is 12.7 Å². The number of benzene rings is 1. The summed E-state index contributed by atoms with van der Waals surface area (Å²) in [5.74, 6) is -0.295. The molecule has 22 heavy (non-hydrogen) atoms.